The highest BCUT2D eigenvalue weighted by atomic mass is 16.5. The van der Waals surface area contributed by atoms with Crippen molar-refractivity contribution < 1.29 is 19.1 Å². The van der Waals surface area contributed by atoms with Crippen molar-refractivity contribution in [3.63, 3.8) is 0 Å². The van der Waals surface area contributed by atoms with Crippen molar-refractivity contribution >= 4 is 17.9 Å². The second-order valence-electron chi connectivity index (χ2n) is 5.34. The first-order chi connectivity index (χ1) is 11.7. The number of hydrogen-bond acceptors (Lipinski definition) is 4. The van der Waals surface area contributed by atoms with Crippen molar-refractivity contribution in [2.75, 3.05) is 18.6 Å². The standard InChI is InChI=1S/C19H17NO4/c1-3-9-20-15-10-13(12-21)11-16(23-2)18(15)24-17(19(20)22)14-7-5-4-6-8-14/h3-8,10-12,17H,1,9H2,2H3. The van der Waals surface area contributed by atoms with Gasteiger partial charge in [-0.1, -0.05) is 36.4 Å². The van der Waals surface area contributed by atoms with Crippen LogP contribution in [0.1, 0.15) is 22.0 Å². The van der Waals surface area contributed by atoms with Crippen LogP contribution in [0, 0.1) is 0 Å². The van der Waals surface area contributed by atoms with Crippen molar-refractivity contribution in [2.24, 2.45) is 0 Å². The molecule has 2 aromatic carbocycles. The molecular formula is C19H17NO4. The summed E-state index contributed by atoms with van der Waals surface area (Å²) >= 11 is 0. The van der Waals surface area contributed by atoms with E-state index in [0.717, 1.165) is 5.56 Å². The third-order valence-electron chi connectivity index (χ3n) is 3.84. The number of anilines is 1. The van der Waals surface area contributed by atoms with Gasteiger partial charge in [-0.3, -0.25) is 9.59 Å². The maximum absolute atomic E-state index is 12.9. The van der Waals surface area contributed by atoms with E-state index in [4.69, 9.17) is 9.47 Å². The second kappa shape index (κ2) is 6.58. The van der Waals surface area contributed by atoms with Gasteiger partial charge >= 0.3 is 0 Å². The number of fused-ring (bicyclic) bond motifs is 1. The molecule has 0 N–H and O–H groups in total. The number of nitrogens with zero attached hydrogens (tertiary/aromatic N) is 1. The molecule has 0 aromatic heterocycles. The molecule has 0 saturated heterocycles. The molecule has 5 nitrogen and oxygen atoms in total. The Hall–Kier alpha value is -3.08. The molecule has 1 aliphatic heterocycles. The van der Waals surface area contributed by atoms with E-state index in [-0.39, 0.29) is 5.91 Å². The predicted molar refractivity (Wildman–Crippen MR) is 90.7 cm³/mol. The Labute approximate surface area is 140 Å². The van der Waals surface area contributed by atoms with E-state index in [1.165, 1.54) is 7.11 Å². The van der Waals surface area contributed by atoms with Crippen molar-refractivity contribution in [2.45, 2.75) is 6.10 Å². The van der Waals surface area contributed by atoms with Crippen molar-refractivity contribution in [3.8, 4) is 11.5 Å². The van der Waals surface area contributed by atoms with Gasteiger partial charge in [0.15, 0.2) is 11.5 Å². The summed E-state index contributed by atoms with van der Waals surface area (Å²) in [5, 5.41) is 0. The Morgan fingerprint density at radius 1 is 1.29 bits per heavy atom. The van der Waals surface area contributed by atoms with E-state index in [9.17, 15) is 9.59 Å². The molecule has 0 aliphatic carbocycles. The molecule has 122 valence electrons. The Bertz CT molecular complexity index is 785. The second-order valence-corrected chi connectivity index (χ2v) is 5.34. The molecule has 0 radical (unpaired) electrons. The molecule has 0 bridgehead atoms. The largest absolute Gasteiger partial charge is 0.493 e. The van der Waals surface area contributed by atoms with Crippen molar-refractivity contribution in [1.82, 2.24) is 0 Å². The van der Waals surface area contributed by atoms with E-state index >= 15 is 0 Å². The van der Waals surface area contributed by atoms with Crippen LogP contribution >= 0.6 is 0 Å². The number of hydrogen-bond donors (Lipinski definition) is 0. The highest BCUT2D eigenvalue weighted by Crippen LogP contribution is 2.45. The maximum atomic E-state index is 12.9. The average molecular weight is 323 g/mol. The van der Waals surface area contributed by atoms with Crippen LogP contribution in [0.3, 0.4) is 0 Å². The van der Waals surface area contributed by atoms with Gasteiger partial charge in [0, 0.05) is 17.7 Å². The number of carbonyl (C=O) groups excluding carboxylic acids is 2. The quantitative estimate of drug-likeness (QED) is 0.626. The van der Waals surface area contributed by atoms with Gasteiger partial charge in [0.1, 0.15) is 6.29 Å². The minimum Gasteiger partial charge on any atom is -0.493 e. The predicted octanol–water partition coefficient (Wildman–Crippen LogP) is 3.16. The molecule has 5 heteroatoms. The maximum Gasteiger partial charge on any atom is 0.273 e. The summed E-state index contributed by atoms with van der Waals surface area (Å²) in [5.41, 5.74) is 1.67. The molecule has 2 aromatic rings. The summed E-state index contributed by atoms with van der Waals surface area (Å²) in [4.78, 5) is 25.6. The lowest BCUT2D eigenvalue weighted by Crippen LogP contribution is -2.41. The SMILES string of the molecule is C=CCN1C(=O)C(c2ccccc2)Oc2c(OC)cc(C=O)cc21. The molecule has 1 heterocycles. The lowest BCUT2D eigenvalue weighted by Gasteiger charge is -2.34. The summed E-state index contributed by atoms with van der Waals surface area (Å²) in [7, 11) is 1.50. The van der Waals surface area contributed by atoms with Crippen LogP contribution in [0.15, 0.2) is 55.1 Å². The Balaban J connectivity index is 2.16. The van der Waals surface area contributed by atoms with Gasteiger partial charge in [0.2, 0.25) is 6.10 Å². The zero-order chi connectivity index (χ0) is 17.1. The smallest absolute Gasteiger partial charge is 0.273 e. The van der Waals surface area contributed by atoms with Gasteiger partial charge in [0.25, 0.3) is 5.91 Å². The molecule has 0 fully saturated rings. The topological polar surface area (TPSA) is 55.8 Å². The average Bonchev–Trinajstić information content (AvgIpc) is 2.63. The molecule has 1 atom stereocenters. The first-order valence-electron chi connectivity index (χ1n) is 7.50. The number of aldehydes is 1. The lowest BCUT2D eigenvalue weighted by molar-refractivity contribution is -0.126. The Kier molecular flexibility index (Phi) is 4.33. The molecule has 24 heavy (non-hydrogen) atoms. The number of rotatable bonds is 5. The fraction of sp³-hybridized carbons (Fsp3) is 0.158. The number of amides is 1. The fourth-order valence-electron chi connectivity index (χ4n) is 2.73. The first-order valence-corrected chi connectivity index (χ1v) is 7.50. The third kappa shape index (κ3) is 2.65. The lowest BCUT2D eigenvalue weighted by atomic mass is 10.0. The molecule has 3 rings (SSSR count). The fourth-order valence-corrected chi connectivity index (χ4v) is 2.73. The molecule has 0 spiro atoms. The highest BCUT2D eigenvalue weighted by Gasteiger charge is 2.37. The van der Waals surface area contributed by atoms with Crippen molar-refractivity contribution in [3.05, 3.63) is 66.2 Å². The summed E-state index contributed by atoms with van der Waals surface area (Å²) < 4.78 is 11.3. The number of ether oxygens (including phenoxy) is 2. The summed E-state index contributed by atoms with van der Waals surface area (Å²) in [6.45, 7) is 4.02. The molecule has 1 aliphatic rings. The van der Waals surface area contributed by atoms with E-state index in [1.807, 2.05) is 30.3 Å². The van der Waals surface area contributed by atoms with E-state index in [2.05, 4.69) is 6.58 Å². The highest BCUT2D eigenvalue weighted by molar-refractivity contribution is 6.02. The van der Waals surface area contributed by atoms with Crippen LogP contribution in [-0.4, -0.2) is 25.8 Å². The number of benzene rings is 2. The van der Waals surface area contributed by atoms with Crippen LogP contribution in [0.5, 0.6) is 11.5 Å². The summed E-state index contributed by atoms with van der Waals surface area (Å²) in [6.07, 6.45) is 1.58. The minimum atomic E-state index is -0.769. The monoisotopic (exact) mass is 323 g/mol. The molecule has 1 amide bonds. The van der Waals surface area contributed by atoms with Gasteiger partial charge in [-0.15, -0.1) is 6.58 Å². The van der Waals surface area contributed by atoms with E-state index in [1.54, 1.807) is 23.1 Å². The zero-order valence-corrected chi connectivity index (χ0v) is 13.3. The van der Waals surface area contributed by atoms with Crippen LogP contribution in [-0.2, 0) is 4.79 Å². The summed E-state index contributed by atoms with van der Waals surface area (Å²) in [6, 6.07) is 12.5. The summed E-state index contributed by atoms with van der Waals surface area (Å²) in [5.74, 6) is 0.647. The Morgan fingerprint density at radius 2 is 2.04 bits per heavy atom. The van der Waals surface area contributed by atoms with Gasteiger partial charge in [0.05, 0.1) is 12.8 Å². The molecule has 0 saturated carbocycles. The van der Waals surface area contributed by atoms with Gasteiger partial charge in [-0.25, -0.2) is 0 Å². The molecular weight excluding hydrogens is 306 g/mol. The van der Waals surface area contributed by atoms with Gasteiger partial charge < -0.3 is 14.4 Å². The Morgan fingerprint density at radius 3 is 2.67 bits per heavy atom. The van der Waals surface area contributed by atoms with E-state index in [0.29, 0.717) is 35.6 Å². The van der Waals surface area contributed by atoms with Crippen LogP contribution < -0.4 is 14.4 Å². The van der Waals surface area contributed by atoms with Gasteiger partial charge in [-0.05, 0) is 12.1 Å². The van der Waals surface area contributed by atoms with Crippen molar-refractivity contribution in [1.29, 1.82) is 0 Å². The van der Waals surface area contributed by atoms with Gasteiger partial charge in [-0.2, -0.15) is 0 Å². The van der Waals surface area contributed by atoms with Crippen LogP contribution in [0.2, 0.25) is 0 Å². The zero-order valence-electron chi connectivity index (χ0n) is 13.3. The third-order valence-corrected chi connectivity index (χ3v) is 3.84. The van der Waals surface area contributed by atoms with Crippen LogP contribution in [0.25, 0.3) is 0 Å². The normalized spacial score (nSPS) is 16.1. The van der Waals surface area contributed by atoms with E-state index < -0.39 is 6.10 Å². The first kappa shape index (κ1) is 15.8. The number of carbonyl (C=O) groups is 2. The minimum absolute atomic E-state index is 0.210. The molecule has 1 unspecified atom stereocenters. The van der Waals surface area contributed by atoms with Crippen LogP contribution in [0.4, 0.5) is 5.69 Å². The number of methoxy groups -OCH3 is 1.